The van der Waals surface area contributed by atoms with Gasteiger partial charge in [-0.3, -0.25) is 0 Å². The van der Waals surface area contributed by atoms with E-state index in [2.05, 4.69) is 0 Å². The summed E-state index contributed by atoms with van der Waals surface area (Å²) >= 11 is 0. The van der Waals surface area contributed by atoms with Crippen molar-refractivity contribution < 1.29 is 10.2 Å². The average Bonchev–Trinajstić information content (AvgIpc) is 2.13. The lowest BCUT2D eigenvalue weighted by Crippen LogP contribution is -1.45. The Kier molecular flexibility index (Phi) is 0.388. The standard InChI is InChI=1S/C6H4O2/c7-4-2-1-3-5(4)6(3)8/h1-2,7-8H. The van der Waals surface area contributed by atoms with E-state index in [9.17, 15) is 0 Å². The minimum absolute atomic E-state index is 0.192. The number of aromatic hydroxyl groups is 2. The molecule has 2 rings (SSSR count). The molecule has 0 heterocycles. The van der Waals surface area contributed by atoms with Crippen molar-refractivity contribution in [2.24, 2.45) is 0 Å². The van der Waals surface area contributed by atoms with Gasteiger partial charge in [-0.1, -0.05) is 0 Å². The maximum Gasteiger partial charge on any atom is 0.135 e. The topological polar surface area (TPSA) is 40.5 Å². The van der Waals surface area contributed by atoms with Gasteiger partial charge in [0.1, 0.15) is 11.5 Å². The first-order valence-electron chi connectivity index (χ1n) is 2.36. The molecule has 2 nitrogen and oxygen atoms in total. The molecule has 40 valence electrons. The summed E-state index contributed by atoms with van der Waals surface area (Å²) in [6.07, 6.45) is 0. The average molecular weight is 108 g/mol. The van der Waals surface area contributed by atoms with Gasteiger partial charge in [-0.2, -0.15) is 0 Å². The first-order chi connectivity index (χ1) is 3.80. The van der Waals surface area contributed by atoms with Crippen LogP contribution in [0.5, 0.6) is 11.5 Å². The highest BCUT2D eigenvalue weighted by atomic mass is 16.3. The van der Waals surface area contributed by atoms with Crippen LogP contribution in [0.2, 0.25) is 0 Å². The fraction of sp³-hybridized carbons (Fsp3) is 0. The molecule has 0 atom stereocenters. The number of phenolic OH excluding ortho intramolecular Hbond substituents is 2. The Labute approximate surface area is 46.0 Å². The van der Waals surface area contributed by atoms with Crippen molar-refractivity contribution in [1.82, 2.24) is 0 Å². The van der Waals surface area contributed by atoms with Crippen LogP contribution < -0.4 is 0 Å². The van der Waals surface area contributed by atoms with Gasteiger partial charge in [0, 0.05) is 5.56 Å². The van der Waals surface area contributed by atoms with Crippen LogP contribution in [0.3, 0.4) is 0 Å². The molecule has 0 amide bonds. The Morgan fingerprint density at radius 1 is 1.12 bits per heavy atom. The Balaban J connectivity index is 2.72. The zero-order valence-corrected chi connectivity index (χ0v) is 4.05. The van der Waals surface area contributed by atoms with Crippen LogP contribution in [-0.4, -0.2) is 10.2 Å². The Morgan fingerprint density at radius 3 is 2.12 bits per heavy atom. The van der Waals surface area contributed by atoms with Crippen molar-refractivity contribution in [3.05, 3.63) is 12.1 Å². The van der Waals surface area contributed by atoms with Gasteiger partial charge in [-0.25, -0.2) is 0 Å². The van der Waals surface area contributed by atoms with Crippen LogP contribution in [-0.2, 0) is 0 Å². The zero-order chi connectivity index (χ0) is 5.72. The third kappa shape index (κ3) is 0.221. The highest BCUT2D eigenvalue weighted by molar-refractivity contribution is 5.98. The van der Waals surface area contributed by atoms with Crippen molar-refractivity contribution in [3.63, 3.8) is 0 Å². The molecular weight excluding hydrogens is 104 g/mol. The maximum atomic E-state index is 8.80. The van der Waals surface area contributed by atoms with Crippen molar-refractivity contribution in [3.8, 4) is 22.6 Å². The summed E-state index contributed by atoms with van der Waals surface area (Å²) in [4.78, 5) is 0. The van der Waals surface area contributed by atoms with Crippen molar-refractivity contribution in [2.75, 3.05) is 0 Å². The van der Waals surface area contributed by atoms with Gasteiger partial charge in [0.25, 0.3) is 0 Å². The summed E-state index contributed by atoms with van der Waals surface area (Å²) in [5, 5.41) is 17.5. The number of rotatable bonds is 0. The second-order valence-corrected chi connectivity index (χ2v) is 1.86. The molecule has 0 bridgehead atoms. The van der Waals surface area contributed by atoms with E-state index in [1.54, 1.807) is 12.1 Å². The number of fused-ring (bicyclic) bond motifs is 1. The summed E-state index contributed by atoms with van der Waals surface area (Å²) in [6.45, 7) is 0. The molecule has 0 aromatic carbocycles. The summed E-state index contributed by atoms with van der Waals surface area (Å²) in [6, 6.07) is 3.27. The van der Waals surface area contributed by atoms with Crippen molar-refractivity contribution in [1.29, 1.82) is 0 Å². The number of hydrogen-bond acceptors (Lipinski definition) is 2. The molecule has 8 heavy (non-hydrogen) atoms. The van der Waals surface area contributed by atoms with Crippen LogP contribution in [0.15, 0.2) is 12.1 Å². The van der Waals surface area contributed by atoms with E-state index in [0.717, 1.165) is 5.56 Å². The van der Waals surface area contributed by atoms with Crippen LogP contribution in [0.25, 0.3) is 11.1 Å². The molecule has 0 radical (unpaired) electrons. The normalized spacial score (nSPS) is 11.5. The second-order valence-electron chi connectivity index (χ2n) is 1.86. The summed E-state index contributed by atoms with van der Waals surface area (Å²) in [5.74, 6) is 0.447. The van der Waals surface area contributed by atoms with Crippen LogP contribution in [0, 0.1) is 0 Å². The SMILES string of the molecule is Oc1ccc2c(O)c1-2. The van der Waals surface area contributed by atoms with E-state index in [4.69, 9.17) is 10.2 Å². The highest BCUT2D eigenvalue weighted by Gasteiger charge is 2.27. The molecule has 2 heteroatoms. The van der Waals surface area contributed by atoms with Gasteiger partial charge >= 0.3 is 0 Å². The molecule has 0 fully saturated rings. The van der Waals surface area contributed by atoms with Gasteiger partial charge in [-0.05, 0) is 12.1 Å². The molecule has 2 N–H and O–H groups in total. The molecule has 2 aliphatic carbocycles. The largest absolute Gasteiger partial charge is 0.507 e. The predicted molar refractivity (Wildman–Crippen MR) is 28.8 cm³/mol. The third-order valence-electron chi connectivity index (χ3n) is 1.36. The van der Waals surface area contributed by atoms with Crippen molar-refractivity contribution in [2.45, 2.75) is 0 Å². The lowest BCUT2D eigenvalue weighted by atomic mass is 10.5. The molecule has 0 saturated heterocycles. The van der Waals surface area contributed by atoms with Crippen LogP contribution in [0.1, 0.15) is 0 Å². The number of phenols is 2. The molecule has 0 saturated carbocycles. The van der Waals surface area contributed by atoms with Crippen LogP contribution >= 0.6 is 0 Å². The first-order valence-corrected chi connectivity index (χ1v) is 2.36. The summed E-state index contributed by atoms with van der Waals surface area (Å²) in [5.41, 5.74) is 1.42. The third-order valence-corrected chi connectivity index (χ3v) is 1.36. The minimum Gasteiger partial charge on any atom is -0.507 e. The lowest BCUT2D eigenvalue weighted by Gasteiger charge is -1.74. The molecule has 0 spiro atoms. The van der Waals surface area contributed by atoms with Gasteiger partial charge in [0.15, 0.2) is 0 Å². The summed E-state index contributed by atoms with van der Waals surface area (Å²) in [7, 11) is 0. The number of hydrogen-bond donors (Lipinski definition) is 2. The molecule has 0 aromatic rings. The van der Waals surface area contributed by atoms with E-state index in [1.165, 1.54) is 0 Å². The second kappa shape index (κ2) is 0.823. The monoisotopic (exact) mass is 108 g/mol. The van der Waals surface area contributed by atoms with E-state index in [-0.39, 0.29) is 11.5 Å². The molecule has 0 unspecified atom stereocenters. The quantitative estimate of drug-likeness (QED) is 0.530. The van der Waals surface area contributed by atoms with Crippen molar-refractivity contribution >= 4 is 0 Å². The fourth-order valence-corrected chi connectivity index (χ4v) is 0.859. The smallest absolute Gasteiger partial charge is 0.135 e. The lowest BCUT2D eigenvalue weighted by molar-refractivity contribution is 0.471. The van der Waals surface area contributed by atoms with Gasteiger partial charge in [-0.15, -0.1) is 0 Å². The van der Waals surface area contributed by atoms with Gasteiger partial charge in [0.05, 0.1) is 5.56 Å². The van der Waals surface area contributed by atoms with E-state index in [0.29, 0.717) is 5.56 Å². The van der Waals surface area contributed by atoms with Gasteiger partial charge < -0.3 is 10.2 Å². The fourth-order valence-electron chi connectivity index (χ4n) is 0.859. The molecule has 2 aliphatic rings. The van der Waals surface area contributed by atoms with E-state index >= 15 is 0 Å². The molecule has 0 aromatic heterocycles. The van der Waals surface area contributed by atoms with Crippen LogP contribution in [0.4, 0.5) is 0 Å². The van der Waals surface area contributed by atoms with Gasteiger partial charge in [0.2, 0.25) is 0 Å². The summed E-state index contributed by atoms with van der Waals surface area (Å²) < 4.78 is 0. The predicted octanol–water partition coefficient (Wildman–Crippen LogP) is 1.08. The maximum absolute atomic E-state index is 8.80. The zero-order valence-electron chi connectivity index (χ0n) is 4.05. The highest BCUT2D eigenvalue weighted by Crippen LogP contribution is 2.56. The molecular formula is C6H4O2. The van der Waals surface area contributed by atoms with E-state index < -0.39 is 0 Å². The minimum atomic E-state index is 0.192. The molecule has 0 aliphatic heterocycles. The first kappa shape index (κ1) is 3.78. The Bertz CT molecular complexity index is 253. The van der Waals surface area contributed by atoms with E-state index in [1.807, 2.05) is 0 Å². The number of benzene rings is 1. The Hall–Kier alpha value is -1.18. The Morgan fingerprint density at radius 2 is 1.88 bits per heavy atom.